The zero-order valence-electron chi connectivity index (χ0n) is 17.0. The summed E-state index contributed by atoms with van der Waals surface area (Å²) in [6.07, 6.45) is 8.15. The van der Waals surface area contributed by atoms with E-state index in [-0.39, 0.29) is 5.91 Å². The quantitative estimate of drug-likeness (QED) is 0.833. The monoisotopic (exact) mass is 380 g/mol. The van der Waals surface area contributed by atoms with Crippen LogP contribution >= 0.6 is 0 Å². The highest BCUT2D eigenvalue weighted by Gasteiger charge is 2.25. The largest absolute Gasteiger partial charge is 0.350 e. The molecule has 2 aliphatic rings. The van der Waals surface area contributed by atoms with Crippen LogP contribution in [0.1, 0.15) is 61.0 Å². The van der Waals surface area contributed by atoms with E-state index in [1.807, 2.05) is 12.1 Å². The number of hydrogen-bond donors (Lipinski definition) is 1. The number of aromatic nitrogens is 2. The average molecular weight is 381 g/mol. The van der Waals surface area contributed by atoms with Gasteiger partial charge in [-0.15, -0.1) is 0 Å². The van der Waals surface area contributed by atoms with Crippen molar-refractivity contribution in [1.29, 1.82) is 0 Å². The van der Waals surface area contributed by atoms with E-state index in [1.54, 1.807) is 0 Å². The molecule has 1 aliphatic heterocycles. The molecule has 1 aliphatic carbocycles. The van der Waals surface area contributed by atoms with Gasteiger partial charge in [0.15, 0.2) is 0 Å². The predicted octanol–water partition coefficient (Wildman–Crippen LogP) is 3.59. The molecule has 1 aromatic carbocycles. The van der Waals surface area contributed by atoms with E-state index < -0.39 is 0 Å². The molecular weight excluding hydrogens is 348 g/mol. The van der Waals surface area contributed by atoms with Crippen LogP contribution in [-0.4, -0.2) is 33.2 Å². The summed E-state index contributed by atoms with van der Waals surface area (Å²) in [6, 6.07) is 11.2. The Kier molecular flexibility index (Phi) is 6.10. The lowest BCUT2D eigenvalue weighted by atomic mass is 9.94. The van der Waals surface area contributed by atoms with Crippen molar-refractivity contribution in [2.45, 2.75) is 77.5 Å². The van der Waals surface area contributed by atoms with Crippen molar-refractivity contribution in [2.75, 3.05) is 6.54 Å². The molecule has 0 saturated heterocycles. The second-order valence-electron chi connectivity index (χ2n) is 8.32. The van der Waals surface area contributed by atoms with Gasteiger partial charge in [-0.3, -0.25) is 14.4 Å². The lowest BCUT2D eigenvalue weighted by molar-refractivity contribution is -0.121. The van der Waals surface area contributed by atoms with Crippen molar-refractivity contribution in [2.24, 2.45) is 0 Å². The van der Waals surface area contributed by atoms with E-state index in [1.165, 1.54) is 48.9 Å². The van der Waals surface area contributed by atoms with Crippen molar-refractivity contribution in [1.82, 2.24) is 20.0 Å². The third-order valence-electron chi connectivity index (χ3n) is 6.32. The Bertz CT molecular complexity index is 807. The van der Waals surface area contributed by atoms with Gasteiger partial charge in [-0.25, -0.2) is 0 Å². The van der Waals surface area contributed by atoms with Crippen molar-refractivity contribution in [3.05, 3.63) is 52.8 Å². The maximum absolute atomic E-state index is 12.2. The van der Waals surface area contributed by atoms with Crippen LogP contribution in [0.2, 0.25) is 0 Å². The maximum atomic E-state index is 12.2. The molecule has 1 amide bonds. The van der Waals surface area contributed by atoms with Crippen LogP contribution in [0, 0.1) is 6.92 Å². The molecule has 150 valence electrons. The van der Waals surface area contributed by atoms with Crippen molar-refractivity contribution in [3.63, 3.8) is 0 Å². The average Bonchev–Trinajstić information content (AvgIpc) is 3.14. The third-order valence-corrected chi connectivity index (χ3v) is 6.32. The van der Waals surface area contributed by atoms with Crippen LogP contribution < -0.4 is 5.32 Å². The number of hydrogen-bond acceptors (Lipinski definition) is 3. The highest BCUT2D eigenvalue weighted by molar-refractivity contribution is 5.76. The van der Waals surface area contributed by atoms with Gasteiger partial charge in [-0.2, -0.15) is 5.10 Å². The Morgan fingerprint density at radius 3 is 2.82 bits per heavy atom. The van der Waals surface area contributed by atoms with Gasteiger partial charge in [0.2, 0.25) is 5.91 Å². The van der Waals surface area contributed by atoms with E-state index in [0.717, 1.165) is 37.8 Å². The summed E-state index contributed by atoms with van der Waals surface area (Å²) in [7, 11) is 0. The molecule has 1 fully saturated rings. The molecule has 4 rings (SSSR count). The van der Waals surface area contributed by atoms with E-state index in [9.17, 15) is 4.79 Å². The normalized spacial score (nSPS) is 18.0. The van der Waals surface area contributed by atoms with Gasteiger partial charge >= 0.3 is 0 Å². The summed E-state index contributed by atoms with van der Waals surface area (Å²) in [5.41, 5.74) is 4.77. The van der Waals surface area contributed by atoms with Crippen molar-refractivity contribution in [3.8, 4) is 0 Å². The SMILES string of the molecule is Cc1ccccc1CCC(=O)NCc1cc2n(n1)CCN(C1CCCCC1)C2. The number of rotatable bonds is 6. The topological polar surface area (TPSA) is 50.2 Å². The molecule has 2 aromatic rings. The zero-order chi connectivity index (χ0) is 19.3. The minimum atomic E-state index is 0.0954. The van der Waals surface area contributed by atoms with Gasteiger partial charge in [0.05, 0.1) is 24.5 Å². The van der Waals surface area contributed by atoms with E-state index in [0.29, 0.717) is 13.0 Å². The predicted molar refractivity (Wildman–Crippen MR) is 111 cm³/mol. The molecule has 0 spiro atoms. The van der Waals surface area contributed by atoms with Gasteiger partial charge in [-0.1, -0.05) is 43.5 Å². The number of nitrogens with one attached hydrogen (secondary N) is 1. The summed E-state index contributed by atoms with van der Waals surface area (Å²) >= 11 is 0. The molecule has 2 heterocycles. The Balaban J connectivity index is 1.26. The first kappa shape index (κ1) is 19.2. The van der Waals surface area contributed by atoms with Gasteiger partial charge in [0, 0.05) is 25.6 Å². The summed E-state index contributed by atoms with van der Waals surface area (Å²) in [5, 5.41) is 7.75. The lowest BCUT2D eigenvalue weighted by Gasteiger charge is -2.36. The van der Waals surface area contributed by atoms with Crippen LogP contribution in [0.25, 0.3) is 0 Å². The second kappa shape index (κ2) is 8.91. The van der Waals surface area contributed by atoms with Crippen LogP contribution in [-0.2, 0) is 30.8 Å². The fraction of sp³-hybridized carbons (Fsp3) is 0.565. The van der Waals surface area contributed by atoms with Crippen LogP contribution in [0.4, 0.5) is 0 Å². The molecule has 1 N–H and O–H groups in total. The second-order valence-corrected chi connectivity index (χ2v) is 8.32. The molecule has 1 aromatic heterocycles. The summed E-state index contributed by atoms with van der Waals surface area (Å²) < 4.78 is 2.13. The highest BCUT2D eigenvalue weighted by Crippen LogP contribution is 2.26. The number of carbonyl (C=O) groups excluding carboxylic acids is 1. The molecule has 0 unspecified atom stereocenters. The fourth-order valence-electron chi connectivity index (χ4n) is 4.61. The number of fused-ring (bicyclic) bond motifs is 1. The van der Waals surface area contributed by atoms with Gasteiger partial charge in [0.25, 0.3) is 0 Å². The molecular formula is C23H32N4O. The molecule has 28 heavy (non-hydrogen) atoms. The Morgan fingerprint density at radius 1 is 1.18 bits per heavy atom. The van der Waals surface area contributed by atoms with Gasteiger partial charge in [0.1, 0.15) is 0 Å². The first-order valence-electron chi connectivity index (χ1n) is 10.8. The molecule has 0 radical (unpaired) electrons. The first-order chi connectivity index (χ1) is 13.7. The highest BCUT2D eigenvalue weighted by atomic mass is 16.1. The number of carbonyl (C=O) groups is 1. The number of amides is 1. The Labute approximate surface area is 168 Å². The first-order valence-corrected chi connectivity index (χ1v) is 10.8. The fourth-order valence-corrected chi connectivity index (χ4v) is 4.61. The molecule has 0 atom stereocenters. The summed E-state index contributed by atoms with van der Waals surface area (Å²) in [4.78, 5) is 14.9. The summed E-state index contributed by atoms with van der Waals surface area (Å²) in [5.74, 6) is 0.0954. The Morgan fingerprint density at radius 2 is 2.00 bits per heavy atom. The van der Waals surface area contributed by atoms with Crippen molar-refractivity contribution < 1.29 is 4.79 Å². The number of benzene rings is 1. The standard InChI is InChI=1S/C23H32N4O/c1-18-7-5-6-8-19(18)11-12-23(28)24-16-20-15-22-17-26(13-14-27(22)25-20)21-9-3-2-4-10-21/h5-8,15,21H,2-4,9-14,16-17H2,1H3,(H,24,28). The van der Waals surface area contributed by atoms with E-state index in [4.69, 9.17) is 5.10 Å². The minimum absolute atomic E-state index is 0.0954. The number of nitrogens with zero attached hydrogens (tertiary/aromatic N) is 3. The minimum Gasteiger partial charge on any atom is -0.350 e. The van der Waals surface area contributed by atoms with Gasteiger partial charge in [-0.05, 0) is 43.4 Å². The van der Waals surface area contributed by atoms with Crippen LogP contribution in [0.3, 0.4) is 0 Å². The van der Waals surface area contributed by atoms with Crippen molar-refractivity contribution >= 4 is 5.91 Å². The smallest absolute Gasteiger partial charge is 0.220 e. The van der Waals surface area contributed by atoms with Crippen LogP contribution in [0.5, 0.6) is 0 Å². The molecule has 1 saturated carbocycles. The maximum Gasteiger partial charge on any atom is 0.220 e. The molecule has 5 nitrogen and oxygen atoms in total. The van der Waals surface area contributed by atoms with Crippen LogP contribution in [0.15, 0.2) is 30.3 Å². The molecule has 5 heteroatoms. The molecule has 0 bridgehead atoms. The third kappa shape index (κ3) is 4.64. The summed E-state index contributed by atoms with van der Waals surface area (Å²) in [6.45, 7) is 5.68. The zero-order valence-corrected chi connectivity index (χ0v) is 17.0. The lowest BCUT2D eigenvalue weighted by Crippen LogP contribution is -2.42. The van der Waals surface area contributed by atoms with Gasteiger partial charge < -0.3 is 5.32 Å². The Hall–Kier alpha value is -2.14. The van der Waals surface area contributed by atoms with E-state index >= 15 is 0 Å². The van der Waals surface area contributed by atoms with E-state index in [2.05, 4.69) is 40.0 Å². The number of aryl methyl sites for hydroxylation is 2.